The molecule has 2 aliphatic heterocycles. The van der Waals surface area contributed by atoms with E-state index in [1.165, 1.54) is 13.3 Å². The van der Waals surface area contributed by atoms with Crippen molar-refractivity contribution in [1.29, 1.82) is 0 Å². The second-order valence-electron chi connectivity index (χ2n) is 12.5. The Kier molecular flexibility index (Phi) is 12.6. The number of methoxy groups -OCH3 is 1. The lowest BCUT2D eigenvalue weighted by atomic mass is 9.76. The highest BCUT2D eigenvalue weighted by Crippen LogP contribution is 2.36. The van der Waals surface area contributed by atoms with Gasteiger partial charge in [-0.1, -0.05) is 41.9 Å². The summed E-state index contributed by atoms with van der Waals surface area (Å²) in [5, 5.41) is 9.42. The number of halogens is 2. The first-order valence-corrected chi connectivity index (χ1v) is 18.3. The van der Waals surface area contributed by atoms with Crippen LogP contribution in [0, 0.1) is 11.7 Å². The first-order chi connectivity index (χ1) is 23.6. The minimum atomic E-state index is -3.76. The number of anilines is 1. The molecule has 4 atom stereocenters. The normalized spacial score (nSPS) is 20.2. The molecule has 0 radical (unpaired) electrons. The van der Waals surface area contributed by atoms with Crippen LogP contribution in [0.5, 0.6) is 0 Å². The zero-order chi connectivity index (χ0) is 35.0. The summed E-state index contributed by atoms with van der Waals surface area (Å²) in [6.07, 6.45) is 4.11. The van der Waals surface area contributed by atoms with Gasteiger partial charge in [-0.05, 0) is 74.8 Å². The van der Waals surface area contributed by atoms with Crippen molar-refractivity contribution in [1.82, 2.24) is 19.9 Å². The number of benzene rings is 2. The van der Waals surface area contributed by atoms with Crippen LogP contribution in [0.25, 0.3) is 0 Å². The van der Waals surface area contributed by atoms with Crippen molar-refractivity contribution in [3.05, 3.63) is 89.0 Å². The average molecular weight is 716 g/mol. The Labute approximate surface area is 292 Å². The molecule has 0 spiro atoms. The third-order valence-corrected chi connectivity index (χ3v) is 11.6. The number of sulfonamides is 1. The van der Waals surface area contributed by atoms with E-state index in [9.17, 15) is 18.0 Å². The van der Waals surface area contributed by atoms with Gasteiger partial charge in [0.15, 0.2) is 0 Å². The van der Waals surface area contributed by atoms with E-state index in [2.05, 4.69) is 20.9 Å². The number of pyridine rings is 1. The number of rotatable bonds is 12. The Balaban J connectivity index is 1.36. The topological polar surface area (TPSA) is 139 Å². The minimum absolute atomic E-state index is 0.0189. The fourth-order valence-electron chi connectivity index (χ4n) is 6.92. The van der Waals surface area contributed by atoms with Crippen molar-refractivity contribution in [2.45, 2.75) is 68.0 Å². The highest BCUT2D eigenvalue weighted by Gasteiger charge is 2.39. The highest BCUT2D eigenvalue weighted by atomic mass is 35.5. The first-order valence-electron chi connectivity index (χ1n) is 16.5. The number of alkyl carbamates (subject to hydrolysis) is 1. The molecule has 3 aromatic rings. The Morgan fingerprint density at radius 3 is 2.51 bits per heavy atom. The molecule has 2 aromatic carbocycles. The highest BCUT2D eigenvalue weighted by molar-refractivity contribution is 7.89. The Hall–Kier alpha value is -3.62. The van der Waals surface area contributed by atoms with E-state index >= 15 is 4.39 Å². The molecule has 11 nitrogen and oxygen atoms in total. The number of amides is 2. The smallest absolute Gasteiger partial charge is 0.407 e. The van der Waals surface area contributed by atoms with Gasteiger partial charge in [-0.25, -0.2) is 17.6 Å². The van der Waals surface area contributed by atoms with Crippen LogP contribution in [0.2, 0.25) is 5.02 Å². The van der Waals surface area contributed by atoms with Crippen LogP contribution in [0.3, 0.4) is 0 Å². The van der Waals surface area contributed by atoms with Crippen LogP contribution in [-0.2, 0) is 30.7 Å². The maximum absolute atomic E-state index is 15.4. The van der Waals surface area contributed by atoms with Gasteiger partial charge in [0, 0.05) is 54.9 Å². The van der Waals surface area contributed by atoms with Crippen molar-refractivity contribution in [3.8, 4) is 0 Å². The van der Waals surface area contributed by atoms with Crippen LogP contribution in [0.4, 0.5) is 14.9 Å². The van der Waals surface area contributed by atoms with Gasteiger partial charge in [0.25, 0.3) is 0 Å². The third kappa shape index (κ3) is 8.95. The van der Waals surface area contributed by atoms with Crippen LogP contribution >= 0.6 is 11.6 Å². The Morgan fingerprint density at radius 2 is 1.82 bits per heavy atom. The summed E-state index contributed by atoms with van der Waals surface area (Å²) in [4.78, 5) is 30.9. The monoisotopic (exact) mass is 715 g/mol. The molecule has 0 unspecified atom stereocenters. The lowest BCUT2D eigenvalue weighted by Gasteiger charge is -2.40. The fourth-order valence-corrected chi connectivity index (χ4v) is 8.92. The molecule has 3 heterocycles. The summed E-state index contributed by atoms with van der Waals surface area (Å²) in [5.74, 6) is -1.65. The molecule has 3 N–H and O–H groups in total. The largest absolute Gasteiger partial charge is 0.453 e. The molecule has 0 aliphatic carbocycles. The van der Waals surface area contributed by atoms with Gasteiger partial charge in [0.2, 0.25) is 15.9 Å². The molecule has 1 aromatic heterocycles. The van der Waals surface area contributed by atoms with Crippen LogP contribution in [0.1, 0.15) is 49.7 Å². The van der Waals surface area contributed by atoms with Crippen LogP contribution in [-0.4, -0.2) is 81.2 Å². The number of carbonyl (C=O) groups excluding carboxylic acids is 2. The van der Waals surface area contributed by atoms with Gasteiger partial charge in [-0.3, -0.25) is 9.78 Å². The first kappa shape index (κ1) is 36.7. The summed E-state index contributed by atoms with van der Waals surface area (Å²) >= 11 is 6.18. The lowest BCUT2D eigenvalue weighted by Crippen LogP contribution is -2.58. The molecule has 14 heteroatoms. The van der Waals surface area contributed by atoms with Crippen LogP contribution in [0.15, 0.2) is 71.9 Å². The molecule has 5 rings (SSSR count). The molecule has 2 aliphatic rings. The number of hydrogen-bond donors (Lipinski definition) is 3. The molecule has 2 amide bonds. The molecule has 0 bridgehead atoms. The maximum Gasteiger partial charge on any atom is 0.407 e. The summed E-state index contributed by atoms with van der Waals surface area (Å²) < 4.78 is 54.7. The molecule has 2 saturated heterocycles. The number of ether oxygens (including phenoxy) is 2. The maximum atomic E-state index is 15.4. The second kappa shape index (κ2) is 16.9. The van der Waals surface area contributed by atoms with E-state index in [0.717, 1.165) is 11.8 Å². The quantitative estimate of drug-likeness (QED) is 0.235. The zero-order valence-electron chi connectivity index (χ0n) is 27.6. The predicted octanol–water partition coefficient (Wildman–Crippen LogP) is 5.12. The second-order valence-corrected chi connectivity index (χ2v) is 14.8. The van der Waals surface area contributed by atoms with E-state index in [1.54, 1.807) is 46.8 Å². The van der Waals surface area contributed by atoms with Gasteiger partial charge >= 0.3 is 6.09 Å². The predicted molar refractivity (Wildman–Crippen MR) is 184 cm³/mol. The van der Waals surface area contributed by atoms with E-state index < -0.39 is 39.8 Å². The number of carbonyl (C=O) groups is 2. The fraction of sp³-hybridized carbons (Fsp3) is 0.457. The lowest BCUT2D eigenvalue weighted by molar-refractivity contribution is -0.119. The molecule has 264 valence electrons. The summed E-state index contributed by atoms with van der Waals surface area (Å²) in [5.41, 5.74) is 1.21. The van der Waals surface area contributed by atoms with Gasteiger partial charge in [0.1, 0.15) is 11.9 Å². The Bertz CT molecular complexity index is 1680. The third-order valence-electron chi connectivity index (χ3n) is 9.29. The van der Waals surface area contributed by atoms with Gasteiger partial charge < -0.3 is 25.4 Å². The number of nitrogens with one attached hydrogen (secondary N) is 3. The number of piperazine rings is 1. The number of aromatic nitrogens is 1. The molecule has 0 saturated carbocycles. The van der Waals surface area contributed by atoms with Crippen LogP contribution < -0.4 is 16.0 Å². The number of nitrogens with zero attached hydrogens (tertiary/aromatic N) is 2. The number of hydrogen-bond acceptors (Lipinski definition) is 8. The van der Waals surface area contributed by atoms with Gasteiger partial charge in [0.05, 0.1) is 30.1 Å². The summed E-state index contributed by atoms with van der Waals surface area (Å²) in [7, 11) is -2.54. The van der Waals surface area contributed by atoms with Crippen molar-refractivity contribution in [2.75, 3.05) is 38.7 Å². The molecule has 2 fully saturated rings. The van der Waals surface area contributed by atoms with Crippen molar-refractivity contribution >= 4 is 39.3 Å². The summed E-state index contributed by atoms with van der Waals surface area (Å²) in [6.45, 7) is 3.87. The summed E-state index contributed by atoms with van der Waals surface area (Å²) in [6, 6.07) is 13.8. The van der Waals surface area contributed by atoms with Gasteiger partial charge in [-0.2, -0.15) is 4.31 Å². The van der Waals surface area contributed by atoms with E-state index in [4.69, 9.17) is 21.1 Å². The molecular weight excluding hydrogens is 673 g/mol. The van der Waals surface area contributed by atoms with Crippen molar-refractivity contribution in [2.24, 2.45) is 5.92 Å². The Morgan fingerprint density at radius 1 is 1.10 bits per heavy atom. The molecular formula is C35H43ClFN5O6S. The zero-order valence-corrected chi connectivity index (χ0v) is 29.2. The van der Waals surface area contributed by atoms with Gasteiger partial charge in [-0.15, -0.1) is 0 Å². The van der Waals surface area contributed by atoms with Crippen molar-refractivity contribution < 1.29 is 31.9 Å². The van der Waals surface area contributed by atoms with E-state index in [-0.39, 0.29) is 40.6 Å². The standard InChI is InChI=1S/C35H43ClFN5O6S/c1-23-19-38-20-27(42(23)49(45,46)28-8-4-3-5-9-28)7-6-10-29-30(37)21-39-22-31(29)40-34(43)33(41-35(44)47-2)32(25-15-17-48-18-16-25)24-11-13-26(36)14-12-24/h3-5,8-9,11-14,21-23,25,27,32-33,38H,6-7,10,15-20H2,1-2H3,(H,40,43)(H,41,44)/t23-,27+,32+,33+/m1/s1. The average Bonchev–Trinajstić information content (AvgIpc) is 3.10. The SMILES string of the molecule is COC(=O)N[C@H](C(=O)Nc1cncc(F)c1CCC[C@H]1CNC[C@@H](C)N1S(=O)(=O)c1ccccc1)[C@@H](c1ccc(Cl)cc1)C1CCOCC1. The molecule has 49 heavy (non-hydrogen) atoms. The van der Waals surface area contributed by atoms with E-state index in [0.29, 0.717) is 57.0 Å². The van der Waals surface area contributed by atoms with E-state index in [1.807, 2.05) is 19.1 Å². The van der Waals surface area contributed by atoms with Crippen molar-refractivity contribution in [3.63, 3.8) is 0 Å². The minimum Gasteiger partial charge on any atom is -0.453 e.